The summed E-state index contributed by atoms with van der Waals surface area (Å²) in [7, 11) is 0. The van der Waals surface area contributed by atoms with Gasteiger partial charge in [-0.2, -0.15) is 0 Å². The molecular weight excluding hydrogens is 392 g/mol. The monoisotopic (exact) mass is 424 g/mol. The van der Waals surface area contributed by atoms with Crippen molar-refractivity contribution in [3.63, 3.8) is 0 Å². The van der Waals surface area contributed by atoms with Crippen molar-refractivity contribution in [2.24, 2.45) is 0 Å². The van der Waals surface area contributed by atoms with Crippen LogP contribution in [0.1, 0.15) is 51.7 Å². The number of nitrogens with one attached hydrogen (secondary N) is 1. The van der Waals surface area contributed by atoms with Gasteiger partial charge in [0.1, 0.15) is 24.0 Å². The van der Waals surface area contributed by atoms with Crippen LogP contribution in [0.25, 0.3) is 0 Å². The van der Waals surface area contributed by atoms with E-state index in [9.17, 15) is 14.7 Å². The van der Waals surface area contributed by atoms with Crippen LogP contribution in [0, 0.1) is 0 Å². The van der Waals surface area contributed by atoms with Gasteiger partial charge in [0, 0.05) is 5.41 Å². The molecule has 0 saturated carbocycles. The largest absolute Gasteiger partial charge is 0.491 e. The zero-order valence-electron chi connectivity index (χ0n) is 18.7. The normalized spacial score (nSPS) is 16.9. The van der Waals surface area contributed by atoms with Gasteiger partial charge in [-0.3, -0.25) is 9.69 Å². The molecule has 166 valence electrons. The van der Waals surface area contributed by atoms with Gasteiger partial charge in [-0.1, -0.05) is 70.2 Å². The molecule has 2 aromatic carbocycles. The van der Waals surface area contributed by atoms with Crippen molar-refractivity contribution in [1.29, 1.82) is 0 Å². The minimum absolute atomic E-state index is 0.0102. The number of β-amino-alcohol motifs (C(OH)–C–C–N with tert-alkyl or cyclic N) is 1. The van der Waals surface area contributed by atoms with E-state index in [1.54, 1.807) is 0 Å². The van der Waals surface area contributed by atoms with Crippen LogP contribution in [-0.2, 0) is 10.2 Å². The number of hydrogen-bond acceptors (Lipinski definition) is 4. The third-order valence-electron chi connectivity index (χ3n) is 6.36. The fourth-order valence-electron chi connectivity index (χ4n) is 4.02. The molecule has 0 spiro atoms. The SMILES string of the molecule is CCC1(CC)NC(=O)N(CC(O)COc2ccc(C(C)(C)c3ccccc3)cc2)C1=O. The average molecular weight is 425 g/mol. The molecule has 0 aliphatic carbocycles. The Morgan fingerprint density at radius 3 is 2.13 bits per heavy atom. The number of aliphatic hydroxyl groups excluding tert-OH is 1. The van der Waals surface area contributed by atoms with E-state index in [0.29, 0.717) is 18.6 Å². The lowest BCUT2D eigenvalue weighted by Gasteiger charge is -2.26. The lowest BCUT2D eigenvalue weighted by Crippen LogP contribution is -2.46. The minimum Gasteiger partial charge on any atom is -0.491 e. The van der Waals surface area contributed by atoms with Crippen molar-refractivity contribution < 1.29 is 19.4 Å². The number of imide groups is 1. The Hall–Kier alpha value is -2.86. The van der Waals surface area contributed by atoms with Crippen LogP contribution in [0.4, 0.5) is 4.79 Å². The number of carbonyl (C=O) groups is 2. The predicted octanol–water partition coefficient (Wildman–Crippen LogP) is 3.86. The molecule has 1 fully saturated rings. The zero-order chi connectivity index (χ0) is 22.6. The van der Waals surface area contributed by atoms with Gasteiger partial charge in [-0.15, -0.1) is 0 Å². The van der Waals surface area contributed by atoms with E-state index in [2.05, 4.69) is 31.3 Å². The summed E-state index contributed by atoms with van der Waals surface area (Å²) in [6.07, 6.45) is 0.0609. The van der Waals surface area contributed by atoms with E-state index in [-0.39, 0.29) is 24.5 Å². The Labute approximate surface area is 184 Å². The molecule has 3 rings (SSSR count). The first kappa shape index (κ1) is 22.8. The van der Waals surface area contributed by atoms with Crippen LogP contribution >= 0.6 is 0 Å². The van der Waals surface area contributed by atoms with Crippen molar-refractivity contribution in [3.8, 4) is 5.75 Å². The van der Waals surface area contributed by atoms with E-state index in [1.807, 2.05) is 56.3 Å². The van der Waals surface area contributed by atoms with Crippen LogP contribution in [0.3, 0.4) is 0 Å². The predicted molar refractivity (Wildman–Crippen MR) is 120 cm³/mol. The maximum absolute atomic E-state index is 12.6. The van der Waals surface area contributed by atoms with Crippen LogP contribution < -0.4 is 10.1 Å². The second-order valence-corrected chi connectivity index (χ2v) is 8.62. The summed E-state index contributed by atoms with van der Waals surface area (Å²) >= 11 is 0. The Balaban J connectivity index is 1.58. The maximum atomic E-state index is 12.6. The first-order valence-corrected chi connectivity index (χ1v) is 10.8. The Morgan fingerprint density at radius 2 is 1.58 bits per heavy atom. The molecule has 6 nitrogen and oxygen atoms in total. The molecule has 2 aromatic rings. The molecule has 2 N–H and O–H groups in total. The summed E-state index contributed by atoms with van der Waals surface area (Å²) < 4.78 is 5.71. The number of amides is 3. The van der Waals surface area contributed by atoms with E-state index in [4.69, 9.17) is 4.74 Å². The first-order valence-electron chi connectivity index (χ1n) is 10.8. The molecule has 0 aromatic heterocycles. The van der Waals surface area contributed by atoms with Gasteiger partial charge in [0.25, 0.3) is 5.91 Å². The summed E-state index contributed by atoms with van der Waals surface area (Å²) in [6.45, 7) is 7.98. The average Bonchev–Trinajstić information content (AvgIpc) is 3.03. The minimum atomic E-state index is -0.973. The van der Waals surface area contributed by atoms with Gasteiger partial charge < -0.3 is 15.2 Å². The molecule has 1 atom stereocenters. The maximum Gasteiger partial charge on any atom is 0.325 e. The summed E-state index contributed by atoms with van der Waals surface area (Å²) in [5.41, 5.74) is 1.37. The summed E-state index contributed by atoms with van der Waals surface area (Å²) in [4.78, 5) is 26.0. The van der Waals surface area contributed by atoms with Gasteiger partial charge in [0.05, 0.1) is 6.54 Å². The van der Waals surface area contributed by atoms with Crippen molar-refractivity contribution in [2.75, 3.05) is 13.2 Å². The molecule has 1 heterocycles. The topological polar surface area (TPSA) is 78.9 Å². The first-order chi connectivity index (χ1) is 14.7. The molecule has 0 radical (unpaired) electrons. The lowest BCUT2D eigenvalue weighted by atomic mass is 9.78. The fourth-order valence-corrected chi connectivity index (χ4v) is 4.02. The Kier molecular flexibility index (Phi) is 6.70. The summed E-state index contributed by atoms with van der Waals surface area (Å²) in [5.74, 6) is 0.342. The standard InChI is InChI=1S/C25H32N2O4/c1-5-25(6-2)22(29)27(23(30)26-25)16-20(28)17-31-21-14-12-19(13-15-21)24(3,4)18-10-8-7-9-11-18/h7-15,20,28H,5-6,16-17H2,1-4H3,(H,26,30). The van der Waals surface area contributed by atoms with Gasteiger partial charge in [-0.05, 0) is 36.1 Å². The van der Waals surface area contributed by atoms with Crippen LogP contribution in [0.15, 0.2) is 54.6 Å². The van der Waals surface area contributed by atoms with E-state index < -0.39 is 17.7 Å². The van der Waals surface area contributed by atoms with Gasteiger partial charge in [0.2, 0.25) is 0 Å². The lowest BCUT2D eigenvalue weighted by molar-refractivity contribution is -0.132. The zero-order valence-corrected chi connectivity index (χ0v) is 18.7. The van der Waals surface area contributed by atoms with E-state index in [0.717, 1.165) is 10.5 Å². The van der Waals surface area contributed by atoms with Crippen molar-refractivity contribution in [3.05, 3.63) is 65.7 Å². The smallest absolute Gasteiger partial charge is 0.325 e. The number of urea groups is 1. The third kappa shape index (κ3) is 4.59. The number of carbonyl (C=O) groups excluding carboxylic acids is 2. The second kappa shape index (κ2) is 9.10. The highest BCUT2D eigenvalue weighted by atomic mass is 16.5. The number of nitrogens with zero attached hydrogens (tertiary/aromatic N) is 1. The van der Waals surface area contributed by atoms with Gasteiger partial charge in [0.15, 0.2) is 0 Å². The highest BCUT2D eigenvalue weighted by molar-refractivity contribution is 6.07. The van der Waals surface area contributed by atoms with Gasteiger partial charge in [-0.25, -0.2) is 4.79 Å². The van der Waals surface area contributed by atoms with Crippen molar-refractivity contribution in [1.82, 2.24) is 10.2 Å². The number of rotatable bonds is 9. The quantitative estimate of drug-likeness (QED) is 0.599. The van der Waals surface area contributed by atoms with Crippen LogP contribution in [0.2, 0.25) is 0 Å². The molecule has 1 aliphatic rings. The second-order valence-electron chi connectivity index (χ2n) is 8.62. The van der Waals surface area contributed by atoms with Crippen molar-refractivity contribution in [2.45, 2.75) is 57.6 Å². The highest BCUT2D eigenvalue weighted by Gasteiger charge is 2.49. The van der Waals surface area contributed by atoms with E-state index in [1.165, 1.54) is 5.56 Å². The van der Waals surface area contributed by atoms with Crippen LogP contribution in [-0.4, -0.2) is 46.7 Å². The molecule has 31 heavy (non-hydrogen) atoms. The number of ether oxygens (including phenoxy) is 1. The number of hydrogen-bond donors (Lipinski definition) is 2. The fraction of sp³-hybridized carbons (Fsp3) is 0.440. The van der Waals surface area contributed by atoms with E-state index >= 15 is 0 Å². The molecule has 1 unspecified atom stereocenters. The molecule has 1 saturated heterocycles. The Morgan fingerprint density at radius 1 is 1.00 bits per heavy atom. The number of aliphatic hydroxyl groups is 1. The third-order valence-corrected chi connectivity index (χ3v) is 6.36. The Bertz CT molecular complexity index is 905. The molecule has 0 bridgehead atoms. The summed E-state index contributed by atoms with van der Waals surface area (Å²) in [5, 5.41) is 13.1. The highest BCUT2D eigenvalue weighted by Crippen LogP contribution is 2.32. The van der Waals surface area contributed by atoms with Crippen molar-refractivity contribution >= 4 is 11.9 Å². The molecular formula is C25H32N2O4. The van der Waals surface area contributed by atoms with Gasteiger partial charge >= 0.3 is 6.03 Å². The molecule has 6 heteroatoms. The molecule has 3 amide bonds. The summed E-state index contributed by atoms with van der Waals surface area (Å²) in [6, 6.07) is 17.6. The number of benzene rings is 2. The van der Waals surface area contributed by atoms with Crippen LogP contribution in [0.5, 0.6) is 5.75 Å². The molecule has 1 aliphatic heterocycles.